The predicted octanol–water partition coefficient (Wildman–Crippen LogP) is 4.21. The summed E-state index contributed by atoms with van der Waals surface area (Å²) in [7, 11) is 0. The lowest BCUT2D eigenvalue weighted by Crippen LogP contribution is -2.43. The van der Waals surface area contributed by atoms with Crippen molar-refractivity contribution in [3.63, 3.8) is 0 Å². The van der Waals surface area contributed by atoms with Crippen LogP contribution >= 0.6 is 0 Å². The molecule has 1 aliphatic carbocycles. The summed E-state index contributed by atoms with van der Waals surface area (Å²) >= 11 is 0. The highest BCUT2D eigenvalue weighted by molar-refractivity contribution is 5.73. The van der Waals surface area contributed by atoms with Crippen molar-refractivity contribution < 1.29 is 0 Å². The number of aromatic nitrogens is 4. The third-order valence-electron chi connectivity index (χ3n) is 6.34. The van der Waals surface area contributed by atoms with E-state index in [1.165, 1.54) is 4.57 Å². The first kappa shape index (κ1) is 19.5. The zero-order valence-electron chi connectivity index (χ0n) is 17.7. The maximum Gasteiger partial charge on any atom is 0.337 e. The average molecular weight is 415 g/mol. The summed E-state index contributed by atoms with van der Waals surface area (Å²) in [5, 5.41) is 0. The number of benzene rings is 2. The van der Waals surface area contributed by atoms with Gasteiger partial charge in [0.2, 0.25) is 0 Å². The van der Waals surface area contributed by atoms with E-state index >= 15 is 0 Å². The Hall–Kier alpha value is -3.41. The normalized spacial score (nSPS) is 14.9. The number of hydrogen-bond donors (Lipinski definition) is 0. The summed E-state index contributed by atoms with van der Waals surface area (Å²) in [6.45, 7) is 2.51. The molecule has 1 aliphatic rings. The van der Waals surface area contributed by atoms with Gasteiger partial charge in [-0.2, -0.15) is 0 Å². The monoisotopic (exact) mass is 414 g/mol. The van der Waals surface area contributed by atoms with Gasteiger partial charge in [0.1, 0.15) is 0 Å². The molecule has 0 radical (unpaired) electrons. The number of hydrogen-bond acceptors (Lipinski definition) is 3. The van der Waals surface area contributed by atoms with E-state index in [9.17, 15) is 9.59 Å². The van der Waals surface area contributed by atoms with Crippen molar-refractivity contribution in [2.24, 2.45) is 0 Å². The molecule has 5 rings (SSSR count). The van der Waals surface area contributed by atoms with E-state index in [2.05, 4.69) is 4.98 Å². The summed E-state index contributed by atoms with van der Waals surface area (Å²) in [5.41, 5.74) is 3.21. The van der Waals surface area contributed by atoms with Crippen LogP contribution in [0.2, 0.25) is 0 Å². The van der Waals surface area contributed by atoms with Crippen molar-refractivity contribution in [1.29, 1.82) is 0 Å². The van der Waals surface area contributed by atoms with Gasteiger partial charge in [0, 0.05) is 12.6 Å². The summed E-state index contributed by atoms with van der Waals surface area (Å²) in [4.78, 5) is 31.9. The largest absolute Gasteiger partial charge is 0.337 e. The van der Waals surface area contributed by atoms with Crippen molar-refractivity contribution in [3.05, 3.63) is 92.9 Å². The highest BCUT2D eigenvalue weighted by Crippen LogP contribution is 2.27. The van der Waals surface area contributed by atoms with Crippen LogP contribution in [-0.4, -0.2) is 18.7 Å². The number of para-hydroxylation sites is 1. The average Bonchev–Trinajstić information content (AvgIpc) is 3.20. The van der Waals surface area contributed by atoms with Gasteiger partial charge in [0.05, 0.1) is 12.0 Å². The lowest BCUT2D eigenvalue weighted by Gasteiger charge is -2.24. The molecule has 0 bridgehead atoms. The van der Waals surface area contributed by atoms with Gasteiger partial charge in [-0.1, -0.05) is 67.8 Å². The van der Waals surface area contributed by atoms with Crippen LogP contribution in [-0.2, 0) is 6.54 Å². The minimum Gasteiger partial charge on any atom is -0.320 e. The van der Waals surface area contributed by atoms with Gasteiger partial charge in [-0.15, -0.1) is 0 Å². The SMILES string of the molecule is Cc1ccccc1-n1c(=O)n(C2CCCCC2)c(=O)c2c1ncn2Cc1ccccc1. The first-order valence-electron chi connectivity index (χ1n) is 11.0. The van der Waals surface area contributed by atoms with E-state index in [-0.39, 0.29) is 17.3 Å². The first-order chi connectivity index (χ1) is 15.1. The Morgan fingerprint density at radius 2 is 1.65 bits per heavy atom. The van der Waals surface area contributed by atoms with E-state index in [0.29, 0.717) is 17.7 Å². The lowest BCUT2D eigenvalue weighted by atomic mass is 9.95. The second kappa shape index (κ2) is 8.02. The van der Waals surface area contributed by atoms with Crippen molar-refractivity contribution in [3.8, 4) is 5.69 Å². The molecule has 2 aromatic heterocycles. The molecular formula is C25H26N4O2. The molecule has 1 fully saturated rings. The van der Waals surface area contributed by atoms with Crippen LogP contribution in [0.25, 0.3) is 16.9 Å². The van der Waals surface area contributed by atoms with Crippen LogP contribution in [0.4, 0.5) is 0 Å². The van der Waals surface area contributed by atoms with E-state index in [0.717, 1.165) is 48.9 Å². The molecular weight excluding hydrogens is 388 g/mol. The molecule has 158 valence electrons. The Labute approximate surface area is 180 Å². The van der Waals surface area contributed by atoms with Crippen LogP contribution in [0.1, 0.15) is 49.3 Å². The Kier molecular flexibility index (Phi) is 5.06. The zero-order chi connectivity index (χ0) is 21.4. The predicted molar refractivity (Wildman–Crippen MR) is 122 cm³/mol. The van der Waals surface area contributed by atoms with E-state index in [4.69, 9.17) is 0 Å². The van der Waals surface area contributed by atoms with Crippen molar-refractivity contribution in [2.45, 2.75) is 51.6 Å². The van der Waals surface area contributed by atoms with E-state index in [1.54, 1.807) is 10.9 Å². The fourth-order valence-electron chi connectivity index (χ4n) is 4.75. The van der Waals surface area contributed by atoms with Crippen LogP contribution in [0.5, 0.6) is 0 Å². The molecule has 0 atom stereocenters. The second-order valence-electron chi connectivity index (χ2n) is 8.40. The van der Waals surface area contributed by atoms with Gasteiger partial charge in [-0.3, -0.25) is 9.36 Å². The highest BCUT2D eigenvalue weighted by Gasteiger charge is 2.25. The van der Waals surface area contributed by atoms with Gasteiger partial charge in [0.15, 0.2) is 11.2 Å². The van der Waals surface area contributed by atoms with Crippen LogP contribution in [0.3, 0.4) is 0 Å². The fourth-order valence-corrected chi connectivity index (χ4v) is 4.75. The number of aryl methyl sites for hydroxylation is 1. The molecule has 2 heterocycles. The second-order valence-corrected chi connectivity index (χ2v) is 8.40. The van der Waals surface area contributed by atoms with Crippen LogP contribution < -0.4 is 11.2 Å². The van der Waals surface area contributed by atoms with Gasteiger partial charge < -0.3 is 4.57 Å². The topological polar surface area (TPSA) is 61.8 Å². The quantitative estimate of drug-likeness (QED) is 0.503. The van der Waals surface area contributed by atoms with E-state index < -0.39 is 0 Å². The minimum absolute atomic E-state index is 0.0616. The Bertz CT molecular complexity index is 1340. The molecule has 0 spiro atoms. The van der Waals surface area contributed by atoms with Gasteiger partial charge in [-0.25, -0.2) is 14.3 Å². The molecule has 0 unspecified atom stereocenters. The molecule has 6 nitrogen and oxygen atoms in total. The minimum atomic E-state index is -0.288. The summed E-state index contributed by atoms with van der Waals surface area (Å²) in [6, 6.07) is 17.7. The fraction of sp³-hybridized carbons (Fsp3) is 0.320. The standard InChI is InChI=1S/C25H26N4O2/c1-18-10-8-9-15-21(18)29-23-22(27(17-26-23)16-19-11-4-2-5-12-19)24(30)28(25(29)31)20-13-6-3-7-14-20/h2,4-5,8-12,15,17,20H,3,6-7,13-14,16H2,1H3. The molecule has 0 saturated heterocycles. The first-order valence-corrected chi connectivity index (χ1v) is 11.0. The van der Waals surface area contributed by atoms with Gasteiger partial charge in [-0.05, 0) is 37.0 Å². The maximum atomic E-state index is 13.7. The maximum absolute atomic E-state index is 13.7. The molecule has 2 aromatic carbocycles. The van der Waals surface area contributed by atoms with Crippen molar-refractivity contribution in [1.82, 2.24) is 18.7 Å². The zero-order valence-corrected chi connectivity index (χ0v) is 17.7. The third kappa shape index (κ3) is 3.42. The molecule has 4 aromatic rings. The highest BCUT2D eigenvalue weighted by atomic mass is 16.2. The molecule has 6 heteroatoms. The molecule has 0 aliphatic heterocycles. The van der Waals surface area contributed by atoms with Crippen molar-refractivity contribution in [2.75, 3.05) is 0 Å². The van der Waals surface area contributed by atoms with Gasteiger partial charge >= 0.3 is 5.69 Å². The van der Waals surface area contributed by atoms with Crippen molar-refractivity contribution >= 4 is 11.2 Å². The Morgan fingerprint density at radius 3 is 2.39 bits per heavy atom. The number of imidazole rings is 1. The summed E-state index contributed by atoms with van der Waals surface area (Å²) in [5.74, 6) is 0. The summed E-state index contributed by atoms with van der Waals surface area (Å²) < 4.78 is 5.00. The number of rotatable bonds is 4. The van der Waals surface area contributed by atoms with E-state index in [1.807, 2.05) is 66.1 Å². The van der Waals surface area contributed by atoms with Crippen LogP contribution in [0.15, 0.2) is 70.5 Å². The van der Waals surface area contributed by atoms with Gasteiger partial charge in [0.25, 0.3) is 5.56 Å². The Morgan fingerprint density at radius 1 is 0.935 bits per heavy atom. The smallest absolute Gasteiger partial charge is 0.320 e. The molecule has 31 heavy (non-hydrogen) atoms. The van der Waals surface area contributed by atoms with Crippen LogP contribution in [0, 0.1) is 6.92 Å². The summed E-state index contributed by atoms with van der Waals surface area (Å²) in [6.07, 6.45) is 6.65. The number of fused-ring (bicyclic) bond motifs is 1. The third-order valence-corrected chi connectivity index (χ3v) is 6.34. The lowest BCUT2D eigenvalue weighted by molar-refractivity contribution is 0.335. The Balaban J connectivity index is 1.80. The molecule has 1 saturated carbocycles. The molecule has 0 amide bonds. The number of nitrogens with zero attached hydrogens (tertiary/aromatic N) is 4. The molecule has 0 N–H and O–H groups in total.